The van der Waals surface area contributed by atoms with Crippen LogP contribution in [0.4, 0.5) is 0 Å². The molecule has 3 aromatic rings. The summed E-state index contributed by atoms with van der Waals surface area (Å²) in [5, 5.41) is 13.8. The Kier molecular flexibility index (Phi) is 6.24. The second kappa shape index (κ2) is 8.48. The minimum Gasteiger partial charge on any atom is -0.489 e. The Balaban J connectivity index is 1.63. The average Bonchev–Trinajstić information content (AvgIpc) is 3.01. The number of hydrogen-bond donors (Lipinski definition) is 2. The van der Waals surface area contributed by atoms with Crippen LogP contribution in [0.25, 0.3) is 10.2 Å². The Morgan fingerprint density at radius 1 is 1.43 bits per heavy atom. The lowest BCUT2D eigenvalue weighted by molar-refractivity contribution is 0.0846. The van der Waals surface area contributed by atoms with Crippen LogP contribution in [0.1, 0.15) is 15.2 Å². The van der Waals surface area contributed by atoms with E-state index in [0.29, 0.717) is 31.4 Å². The fourth-order valence-electron chi connectivity index (χ4n) is 2.56. The molecular formula is C18H17Cl2N3O4S. The molecule has 3 rings (SSSR count). The Labute approximate surface area is 174 Å². The Bertz CT molecular complexity index is 1100. The highest BCUT2D eigenvalue weighted by Crippen LogP contribution is 2.31. The van der Waals surface area contributed by atoms with Crippen LogP contribution in [0.2, 0.25) is 10.0 Å². The van der Waals surface area contributed by atoms with E-state index in [2.05, 4.69) is 10.3 Å². The molecule has 2 N–H and O–H groups in total. The van der Waals surface area contributed by atoms with Crippen molar-refractivity contribution in [3.05, 3.63) is 55.4 Å². The second-order valence-electron chi connectivity index (χ2n) is 6.12. The number of carbonyl (C=O) groups is 1. The van der Waals surface area contributed by atoms with Gasteiger partial charge >= 0.3 is 0 Å². The maximum atomic E-state index is 12.5. The normalized spacial score (nSPS) is 12.2. The molecule has 0 saturated carbocycles. The molecule has 2 aromatic heterocycles. The summed E-state index contributed by atoms with van der Waals surface area (Å²) >= 11 is 13.1. The molecule has 1 unspecified atom stereocenters. The van der Waals surface area contributed by atoms with Gasteiger partial charge in [-0.25, -0.2) is 4.98 Å². The summed E-state index contributed by atoms with van der Waals surface area (Å²) in [6, 6.07) is 4.94. The van der Waals surface area contributed by atoms with Crippen LogP contribution in [0.15, 0.2) is 29.3 Å². The van der Waals surface area contributed by atoms with Crippen molar-refractivity contribution in [3.63, 3.8) is 0 Å². The number of hydrogen-bond acceptors (Lipinski definition) is 6. The lowest BCUT2D eigenvalue weighted by Gasteiger charge is -2.14. The molecule has 0 bridgehead atoms. The number of fused-ring (bicyclic) bond motifs is 1. The SMILES string of the molecule is Cc1c(C(=O)NCC(O)COc2cccc(Cl)c2Cl)sc2ncn(C)c(=O)c12. The first kappa shape index (κ1) is 20.6. The van der Waals surface area contributed by atoms with Gasteiger partial charge in [0.15, 0.2) is 0 Å². The summed E-state index contributed by atoms with van der Waals surface area (Å²) < 4.78 is 6.82. The van der Waals surface area contributed by atoms with Crippen molar-refractivity contribution in [3.8, 4) is 5.75 Å². The number of thiophene rings is 1. The van der Waals surface area contributed by atoms with Gasteiger partial charge in [0, 0.05) is 13.6 Å². The molecule has 0 spiro atoms. The monoisotopic (exact) mass is 441 g/mol. The van der Waals surface area contributed by atoms with E-state index < -0.39 is 6.10 Å². The predicted octanol–water partition coefficient (Wildman–Crippen LogP) is 2.78. The number of nitrogens with zero attached hydrogens (tertiary/aromatic N) is 2. The van der Waals surface area contributed by atoms with E-state index in [0.717, 1.165) is 11.3 Å². The zero-order valence-electron chi connectivity index (χ0n) is 15.0. The van der Waals surface area contributed by atoms with E-state index in [4.69, 9.17) is 27.9 Å². The Hall–Kier alpha value is -2.13. The van der Waals surface area contributed by atoms with Gasteiger partial charge in [-0.1, -0.05) is 29.3 Å². The quantitative estimate of drug-likeness (QED) is 0.613. The number of aliphatic hydroxyl groups excluding tert-OH is 1. The maximum absolute atomic E-state index is 12.5. The molecule has 1 atom stereocenters. The van der Waals surface area contributed by atoms with Gasteiger partial charge in [-0.05, 0) is 24.6 Å². The number of aryl methyl sites for hydroxylation is 2. The molecule has 0 radical (unpaired) electrons. The van der Waals surface area contributed by atoms with Crippen LogP contribution < -0.4 is 15.6 Å². The number of amides is 1. The van der Waals surface area contributed by atoms with Crippen LogP contribution in [-0.4, -0.2) is 39.8 Å². The van der Waals surface area contributed by atoms with Gasteiger partial charge in [0.1, 0.15) is 28.3 Å². The number of rotatable bonds is 6. The van der Waals surface area contributed by atoms with Gasteiger partial charge in [-0.15, -0.1) is 11.3 Å². The minimum absolute atomic E-state index is 0.0316. The van der Waals surface area contributed by atoms with E-state index in [1.807, 2.05) is 0 Å². The molecule has 10 heteroatoms. The van der Waals surface area contributed by atoms with Crippen molar-refractivity contribution < 1.29 is 14.6 Å². The van der Waals surface area contributed by atoms with Gasteiger partial charge in [0.2, 0.25) is 0 Å². The van der Waals surface area contributed by atoms with Gasteiger partial charge in [-0.2, -0.15) is 0 Å². The highest BCUT2D eigenvalue weighted by molar-refractivity contribution is 7.20. The third kappa shape index (κ3) is 4.15. The number of aromatic nitrogens is 2. The van der Waals surface area contributed by atoms with E-state index in [1.54, 1.807) is 32.2 Å². The van der Waals surface area contributed by atoms with Gasteiger partial charge in [0.25, 0.3) is 11.5 Å². The van der Waals surface area contributed by atoms with Crippen LogP contribution in [0, 0.1) is 6.92 Å². The number of aliphatic hydroxyl groups is 1. The molecular weight excluding hydrogens is 425 g/mol. The third-order valence-corrected chi connectivity index (χ3v) is 6.06. The fraction of sp³-hybridized carbons (Fsp3) is 0.278. The van der Waals surface area contributed by atoms with Crippen molar-refractivity contribution in [2.24, 2.45) is 7.05 Å². The van der Waals surface area contributed by atoms with Gasteiger partial charge in [0.05, 0.1) is 21.6 Å². The highest BCUT2D eigenvalue weighted by atomic mass is 35.5. The number of benzene rings is 1. The lowest BCUT2D eigenvalue weighted by atomic mass is 10.2. The van der Waals surface area contributed by atoms with Crippen molar-refractivity contribution in [1.29, 1.82) is 0 Å². The summed E-state index contributed by atoms with van der Waals surface area (Å²) in [6.45, 7) is 1.60. The van der Waals surface area contributed by atoms with E-state index in [-0.39, 0.29) is 29.6 Å². The summed E-state index contributed by atoms with van der Waals surface area (Å²) in [5.74, 6) is -0.0378. The van der Waals surface area contributed by atoms with Gasteiger partial charge < -0.3 is 19.7 Å². The smallest absolute Gasteiger partial charge is 0.262 e. The van der Waals surface area contributed by atoms with Crippen LogP contribution >= 0.6 is 34.5 Å². The summed E-state index contributed by atoms with van der Waals surface area (Å²) in [6.07, 6.45) is 0.462. The molecule has 2 heterocycles. The van der Waals surface area contributed by atoms with Crippen LogP contribution in [0.3, 0.4) is 0 Å². The Morgan fingerprint density at radius 2 is 2.18 bits per heavy atom. The standard InChI is InChI=1S/C18H17Cl2N3O4S/c1-9-13-17(22-8-23(2)18(13)26)28-15(9)16(25)21-6-10(24)7-27-12-5-3-4-11(19)14(12)20/h3-5,8,10,24H,6-7H2,1-2H3,(H,21,25). The lowest BCUT2D eigenvalue weighted by Crippen LogP contribution is -2.35. The molecule has 7 nitrogen and oxygen atoms in total. The minimum atomic E-state index is -0.959. The molecule has 0 aliphatic carbocycles. The van der Waals surface area contributed by atoms with Gasteiger partial charge in [-0.3, -0.25) is 9.59 Å². The molecule has 28 heavy (non-hydrogen) atoms. The summed E-state index contributed by atoms with van der Waals surface area (Å²) in [7, 11) is 1.61. The zero-order valence-corrected chi connectivity index (χ0v) is 17.4. The maximum Gasteiger partial charge on any atom is 0.262 e. The van der Waals surface area contributed by atoms with E-state index >= 15 is 0 Å². The third-order valence-electron chi connectivity index (χ3n) is 4.06. The Morgan fingerprint density at radius 3 is 2.93 bits per heavy atom. The number of halogens is 2. The van der Waals surface area contributed by atoms with Crippen molar-refractivity contribution >= 4 is 50.7 Å². The van der Waals surface area contributed by atoms with E-state index in [1.165, 1.54) is 10.9 Å². The molecule has 0 saturated heterocycles. The second-order valence-corrected chi connectivity index (χ2v) is 7.91. The topological polar surface area (TPSA) is 93.4 Å². The summed E-state index contributed by atoms with van der Waals surface area (Å²) in [5.41, 5.74) is 0.368. The molecule has 1 amide bonds. The fourth-order valence-corrected chi connectivity index (χ4v) is 3.96. The predicted molar refractivity (Wildman–Crippen MR) is 110 cm³/mol. The largest absolute Gasteiger partial charge is 0.489 e. The molecule has 0 aliphatic rings. The van der Waals surface area contributed by atoms with E-state index in [9.17, 15) is 14.7 Å². The number of carbonyl (C=O) groups excluding carboxylic acids is 1. The van der Waals surface area contributed by atoms with Crippen LogP contribution in [-0.2, 0) is 7.05 Å². The first-order valence-electron chi connectivity index (χ1n) is 8.27. The van der Waals surface area contributed by atoms with Crippen LogP contribution in [0.5, 0.6) is 5.75 Å². The van der Waals surface area contributed by atoms with Crippen molar-refractivity contribution in [2.45, 2.75) is 13.0 Å². The van der Waals surface area contributed by atoms with Crippen molar-refractivity contribution in [1.82, 2.24) is 14.9 Å². The highest BCUT2D eigenvalue weighted by Gasteiger charge is 2.19. The first-order valence-corrected chi connectivity index (χ1v) is 9.84. The summed E-state index contributed by atoms with van der Waals surface area (Å²) in [4.78, 5) is 29.8. The molecule has 0 aliphatic heterocycles. The number of nitrogens with one attached hydrogen (secondary N) is 1. The number of ether oxygens (including phenoxy) is 1. The first-order chi connectivity index (χ1) is 13.3. The zero-order chi connectivity index (χ0) is 20.4. The molecule has 1 aromatic carbocycles. The average molecular weight is 442 g/mol. The van der Waals surface area contributed by atoms with Crippen molar-refractivity contribution in [2.75, 3.05) is 13.2 Å². The molecule has 148 valence electrons. The molecule has 0 fully saturated rings.